The van der Waals surface area contributed by atoms with Gasteiger partial charge in [-0.3, -0.25) is 0 Å². The van der Waals surface area contributed by atoms with Crippen molar-refractivity contribution in [1.82, 2.24) is 4.31 Å². The molecule has 0 saturated heterocycles. The van der Waals surface area contributed by atoms with Crippen LogP contribution in [0.25, 0.3) is 0 Å². The Labute approximate surface area is 135 Å². The van der Waals surface area contributed by atoms with Gasteiger partial charge in [-0.05, 0) is 40.8 Å². The maximum absolute atomic E-state index is 12.5. The quantitative estimate of drug-likeness (QED) is 0.764. The zero-order chi connectivity index (χ0) is 15.8. The molecule has 1 fully saturated rings. The predicted molar refractivity (Wildman–Crippen MR) is 81.9 cm³/mol. The Hall–Kier alpha value is -0.480. The monoisotopic (exact) mass is 397 g/mol. The zero-order valence-electron chi connectivity index (χ0n) is 11.6. The Bertz CT molecular complexity index is 636. The number of sulfonamides is 1. The molecular weight excluding hydrogens is 382 g/mol. The maximum Gasteiger partial charge on any atom is 0.348 e. The number of nitrogens with zero attached hydrogens (tertiary/aromatic N) is 1. The van der Waals surface area contributed by atoms with Crippen LogP contribution in [0.4, 0.5) is 0 Å². The average molecular weight is 398 g/mol. The van der Waals surface area contributed by atoms with Crippen LogP contribution in [0.3, 0.4) is 0 Å². The Morgan fingerprint density at radius 3 is 2.71 bits per heavy atom. The molecule has 1 aliphatic carbocycles. The van der Waals surface area contributed by atoms with E-state index in [-0.39, 0.29) is 21.8 Å². The Balaban J connectivity index is 2.18. The third-order valence-electron chi connectivity index (χ3n) is 3.46. The zero-order valence-corrected chi connectivity index (χ0v) is 14.8. The molecule has 0 unspecified atom stereocenters. The highest BCUT2D eigenvalue weighted by molar-refractivity contribution is 9.11. The predicted octanol–water partition coefficient (Wildman–Crippen LogP) is 1.69. The second-order valence-corrected chi connectivity index (χ2v) is 9.40. The molecule has 1 heterocycles. The van der Waals surface area contributed by atoms with Crippen LogP contribution in [-0.2, 0) is 14.8 Å². The molecule has 2 rings (SSSR count). The SMILES string of the molecule is COC(=O)c1cc(S(=O)(=O)N(C)CC2CC(O)C2)c(Br)s1. The van der Waals surface area contributed by atoms with Gasteiger partial charge in [0.25, 0.3) is 0 Å². The fraction of sp³-hybridized carbons (Fsp3) is 0.583. The third kappa shape index (κ3) is 3.48. The lowest BCUT2D eigenvalue weighted by Gasteiger charge is -2.33. The van der Waals surface area contributed by atoms with E-state index in [1.165, 1.54) is 24.5 Å². The summed E-state index contributed by atoms with van der Waals surface area (Å²) in [5.74, 6) is -0.385. The molecule has 118 valence electrons. The fourth-order valence-electron chi connectivity index (χ4n) is 2.21. The number of rotatable bonds is 5. The van der Waals surface area contributed by atoms with Gasteiger partial charge in [0.15, 0.2) is 0 Å². The number of ether oxygens (including phenoxy) is 1. The fourth-order valence-corrected chi connectivity index (χ4v) is 5.88. The van der Waals surface area contributed by atoms with E-state index in [1.54, 1.807) is 0 Å². The van der Waals surface area contributed by atoms with Gasteiger partial charge in [0.05, 0.1) is 17.0 Å². The maximum atomic E-state index is 12.5. The number of thiophene rings is 1. The number of aliphatic hydroxyl groups is 1. The minimum Gasteiger partial charge on any atom is -0.465 e. The van der Waals surface area contributed by atoms with Crippen LogP contribution in [-0.4, -0.2) is 50.6 Å². The van der Waals surface area contributed by atoms with Crippen molar-refractivity contribution in [3.8, 4) is 0 Å². The molecule has 9 heteroatoms. The first-order chi connectivity index (χ1) is 9.75. The Kier molecular flexibility index (Phi) is 5.09. The summed E-state index contributed by atoms with van der Waals surface area (Å²) >= 11 is 4.22. The summed E-state index contributed by atoms with van der Waals surface area (Å²) in [6.45, 7) is 0.356. The van der Waals surface area contributed by atoms with Crippen LogP contribution in [0, 0.1) is 5.92 Å². The van der Waals surface area contributed by atoms with Crippen LogP contribution < -0.4 is 0 Å². The van der Waals surface area contributed by atoms with Crippen molar-refractivity contribution in [1.29, 1.82) is 0 Å². The largest absolute Gasteiger partial charge is 0.465 e. The normalized spacial score (nSPS) is 22.1. The van der Waals surface area contributed by atoms with Gasteiger partial charge in [0.2, 0.25) is 10.0 Å². The third-order valence-corrected chi connectivity index (χ3v) is 7.51. The van der Waals surface area contributed by atoms with Crippen molar-refractivity contribution >= 4 is 43.3 Å². The van der Waals surface area contributed by atoms with E-state index >= 15 is 0 Å². The van der Waals surface area contributed by atoms with E-state index in [0.717, 1.165) is 11.3 Å². The molecule has 0 atom stereocenters. The molecule has 1 aliphatic rings. The van der Waals surface area contributed by atoms with Crippen LogP contribution >= 0.6 is 27.3 Å². The van der Waals surface area contributed by atoms with Crippen molar-refractivity contribution in [3.05, 3.63) is 14.7 Å². The van der Waals surface area contributed by atoms with Gasteiger partial charge >= 0.3 is 5.97 Å². The van der Waals surface area contributed by atoms with Gasteiger partial charge in [-0.1, -0.05) is 0 Å². The van der Waals surface area contributed by atoms with E-state index in [4.69, 9.17) is 0 Å². The van der Waals surface area contributed by atoms with Crippen molar-refractivity contribution in [2.45, 2.75) is 23.8 Å². The molecule has 0 spiro atoms. The van der Waals surface area contributed by atoms with Gasteiger partial charge in [0, 0.05) is 13.6 Å². The van der Waals surface area contributed by atoms with E-state index in [2.05, 4.69) is 20.7 Å². The summed E-state index contributed by atoms with van der Waals surface area (Å²) in [4.78, 5) is 11.8. The van der Waals surface area contributed by atoms with Gasteiger partial charge in [-0.2, -0.15) is 0 Å². The smallest absolute Gasteiger partial charge is 0.348 e. The van der Waals surface area contributed by atoms with Crippen molar-refractivity contribution in [2.75, 3.05) is 20.7 Å². The van der Waals surface area contributed by atoms with Gasteiger partial charge < -0.3 is 9.84 Å². The summed E-state index contributed by atoms with van der Waals surface area (Å²) in [6.07, 6.45) is 0.931. The minimum atomic E-state index is -3.67. The lowest BCUT2D eigenvalue weighted by Crippen LogP contribution is -2.39. The van der Waals surface area contributed by atoms with Crippen LogP contribution in [0.5, 0.6) is 0 Å². The first-order valence-corrected chi connectivity index (χ1v) is 9.32. The number of hydrogen-bond donors (Lipinski definition) is 1. The molecule has 1 aromatic heterocycles. The topological polar surface area (TPSA) is 83.9 Å². The van der Waals surface area contributed by atoms with Crippen LogP contribution in [0.2, 0.25) is 0 Å². The van der Waals surface area contributed by atoms with Crippen molar-refractivity contribution in [2.24, 2.45) is 5.92 Å². The van der Waals surface area contributed by atoms with E-state index in [9.17, 15) is 18.3 Å². The number of carbonyl (C=O) groups excluding carboxylic acids is 1. The Morgan fingerprint density at radius 2 is 2.19 bits per heavy atom. The van der Waals surface area contributed by atoms with E-state index in [1.807, 2.05) is 0 Å². The second kappa shape index (κ2) is 6.33. The van der Waals surface area contributed by atoms with Crippen LogP contribution in [0.15, 0.2) is 14.7 Å². The molecule has 1 aromatic rings. The number of hydrogen-bond acceptors (Lipinski definition) is 6. The summed E-state index contributed by atoms with van der Waals surface area (Å²) < 4.78 is 31.3. The summed E-state index contributed by atoms with van der Waals surface area (Å²) in [7, 11) is -0.922. The highest BCUT2D eigenvalue weighted by Crippen LogP contribution is 2.35. The lowest BCUT2D eigenvalue weighted by atomic mass is 9.82. The molecule has 0 amide bonds. The second-order valence-electron chi connectivity index (χ2n) is 5.02. The number of aliphatic hydroxyl groups excluding tert-OH is 1. The molecule has 21 heavy (non-hydrogen) atoms. The Morgan fingerprint density at radius 1 is 1.57 bits per heavy atom. The minimum absolute atomic E-state index is 0.0651. The van der Waals surface area contributed by atoms with Crippen molar-refractivity contribution < 1.29 is 23.1 Å². The van der Waals surface area contributed by atoms with Crippen LogP contribution in [0.1, 0.15) is 22.5 Å². The van der Waals surface area contributed by atoms with Crippen molar-refractivity contribution in [3.63, 3.8) is 0 Å². The summed E-state index contributed by atoms with van der Waals surface area (Å²) in [5, 5.41) is 9.26. The summed E-state index contributed by atoms with van der Waals surface area (Å²) in [5.41, 5.74) is 0. The number of carbonyl (C=O) groups is 1. The van der Waals surface area contributed by atoms with E-state index < -0.39 is 16.0 Å². The summed E-state index contributed by atoms with van der Waals surface area (Å²) in [6, 6.07) is 1.32. The molecular formula is C12H16BrNO5S2. The standard InChI is InChI=1S/C12H16BrNO5S2/c1-14(6-7-3-8(15)4-7)21(17,18)10-5-9(12(16)19-2)20-11(10)13/h5,7-8,15H,3-4,6H2,1-2H3. The molecule has 0 aliphatic heterocycles. The first-order valence-electron chi connectivity index (χ1n) is 6.27. The molecule has 1 saturated carbocycles. The van der Waals surface area contributed by atoms with Gasteiger partial charge in [-0.25, -0.2) is 17.5 Å². The average Bonchev–Trinajstić information content (AvgIpc) is 2.78. The lowest BCUT2D eigenvalue weighted by molar-refractivity contribution is 0.0367. The number of methoxy groups -OCH3 is 1. The van der Waals surface area contributed by atoms with E-state index in [0.29, 0.717) is 23.2 Å². The first kappa shape index (κ1) is 16.9. The molecule has 1 N–H and O–H groups in total. The number of esters is 1. The van der Waals surface area contributed by atoms with Gasteiger partial charge in [-0.15, -0.1) is 11.3 Å². The van der Waals surface area contributed by atoms with Gasteiger partial charge in [0.1, 0.15) is 9.77 Å². The molecule has 0 bridgehead atoms. The highest BCUT2D eigenvalue weighted by atomic mass is 79.9. The number of halogens is 1. The molecule has 0 radical (unpaired) electrons. The molecule has 0 aromatic carbocycles. The molecule has 6 nitrogen and oxygen atoms in total. The highest BCUT2D eigenvalue weighted by Gasteiger charge is 2.33.